The molecular formula is C24H29FIN3O5S. The highest BCUT2D eigenvalue weighted by Gasteiger charge is 2.58. The van der Waals surface area contributed by atoms with Crippen LogP contribution in [0.25, 0.3) is 0 Å². The van der Waals surface area contributed by atoms with Crippen molar-refractivity contribution in [3.8, 4) is 0 Å². The molecule has 2 aromatic rings. The molecule has 1 amide bonds. The molecule has 1 heterocycles. The maximum Gasteiger partial charge on any atom is 0.429 e. The van der Waals surface area contributed by atoms with E-state index in [1.165, 1.54) is 38.2 Å². The van der Waals surface area contributed by atoms with Crippen LogP contribution in [0.15, 0.2) is 41.7 Å². The zero-order chi connectivity index (χ0) is 26.3. The number of pyridine rings is 1. The number of hydrogen-bond acceptors (Lipinski definition) is 6. The summed E-state index contributed by atoms with van der Waals surface area (Å²) in [6, 6.07) is 5.72. The Labute approximate surface area is 218 Å². The van der Waals surface area contributed by atoms with Crippen LogP contribution in [0.5, 0.6) is 0 Å². The minimum atomic E-state index is -4.32. The van der Waals surface area contributed by atoms with E-state index < -0.39 is 37.8 Å². The Morgan fingerprint density at radius 1 is 1.34 bits per heavy atom. The SMILES string of the molecule is C=CCC1(S(=O)(=O)N(C(=O)OC(C)(C)C)c2cc(C)c(=O)n(C)c2Nc2ccc(I)cc2F)CC1. The highest BCUT2D eigenvalue weighted by Crippen LogP contribution is 2.50. The molecule has 1 aromatic heterocycles. The molecule has 0 radical (unpaired) electrons. The smallest absolute Gasteiger partial charge is 0.429 e. The molecule has 0 aliphatic heterocycles. The van der Waals surface area contributed by atoms with Crippen molar-refractivity contribution in [3.63, 3.8) is 0 Å². The summed E-state index contributed by atoms with van der Waals surface area (Å²) in [7, 11) is -2.90. The second-order valence-electron chi connectivity index (χ2n) is 9.60. The van der Waals surface area contributed by atoms with Gasteiger partial charge in [0.15, 0.2) is 0 Å². The first-order chi connectivity index (χ1) is 16.1. The summed E-state index contributed by atoms with van der Waals surface area (Å²) in [4.78, 5) is 26.2. The van der Waals surface area contributed by atoms with Crippen LogP contribution in [0.4, 0.5) is 26.4 Å². The lowest BCUT2D eigenvalue weighted by atomic mass is 10.2. The van der Waals surface area contributed by atoms with E-state index in [1.807, 2.05) is 22.6 Å². The minimum Gasteiger partial charge on any atom is -0.443 e. The molecule has 3 rings (SSSR count). The lowest BCUT2D eigenvalue weighted by Gasteiger charge is -2.31. The molecule has 1 aliphatic carbocycles. The molecule has 0 atom stereocenters. The van der Waals surface area contributed by atoms with Crippen molar-refractivity contribution in [2.45, 2.75) is 57.3 Å². The maximum absolute atomic E-state index is 14.7. The topological polar surface area (TPSA) is 97.7 Å². The average Bonchev–Trinajstić information content (AvgIpc) is 3.51. The van der Waals surface area contributed by atoms with Gasteiger partial charge in [-0.3, -0.25) is 9.36 Å². The highest BCUT2D eigenvalue weighted by molar-refractivity contribution is 14.1. The van der Waals surface area contributed by atoms with Crippen LogP contribution < -0.4 is 15.2 Å². The average molecular weight is 617 g/mol. The van der Waals surface area contributed by atoms with Gasteiger partial charge in [0.25, 0.3) is 15.6 Å². The summed E-state index contributed by atoms with van der Waals surface area (Å²) in [5, 5.41) is 2.83. The van der Waals surface area contributed by atoms with Crippen molar-refractivity contribution in [3.05, 3.63) is 62.2 Å². The van der Waals surface area contributed by atoms with Crippen molar-refractivity contribution < 1.29 is 22.3 Å². The third kappa shape index (κ3) is 5.40. The van der Waals surface area contributed by atoms with Crippen molar-refractivity contribution in [1.29, 1.82) is 0 Å². The Morgan fingerprint density at radius 2 is 1.97 bits per heavy atom. The predicted octanol–water partition coefficient (Wildman–Crippen LogP) is 5.36. The fourth-order valence-corrected chi connectivity index (χ4v) is 6.11. The number of aryl methyl sites for hydroxylation is 1. The van der Waals surface area contributed by atoms with Gasteiger partial charge >= 0.3 is 6.09 Å². The van der Waals surface area contributed by atoms with Gasteiger partial charge in [-0.2, -0.15) is 4.31 Å². The molecule has 1 aromatic carbocycles. The van der Waals surface area contributed by atoms with Gasteiger partial charge in [-0.15, -0.1) is 6.58 Å². The second kappa shape index (κ2) is 9.57. The number of allylic oxidation sites excluding steroid dienone is 1. The molecular weight excluding hydrogens is 588 g/mol. The first-order valence-electron chi connectivity index (χ1n) is 10.9. The van der Waals surface area contributed by atoms with Crippen LogP contribution in [0.2, 0.25) is 0 Å². The first-order valence-corrected chi connectivity index (χ1v) is 13.5. The van der Waals surface area contributed by atoms with Gasteiger partial charge in [-0.25, -0.2) is 17.6 Å². The van der Waals surface area contributed by atoms with Gasteiger partial charge in [0, 0.05) is 16.2 Å². The van der Waals surface area contributed by atoms with Crippen molar-refractivity contribution in [2.24, 2.45) is 7.05 Å². The van der Waals surface area contributed by atoms with Crippen LogP contribution in [-0.4, -0.2) is 29.4 Å². The number of sulfonamides is 1. The molecule has 0 bridgehead atoms. The number of rotatable bonds is 7. The molecule has 1 fully saturated rings. The molecule has 0 unspecified atom stereocenters. The monoisotopic (exact) mass is 617 g/mol. The quantitative estimate of drug-likeness (QED) is 0.332. The lowest BCUT2D eigenvalue weighted by molar-refractivity contribution is 0.0608. The van der Waals surface area contributed by atoms with E-state index in [0.717, 1.165) is 4.57 Å². The lowest BCUT2D eigenvalue weighted by Crippen LogP contribution is -2.47. The minimum absolute atomic E-state index is 0.0132. The Kier molecular flexibility index (Phi) is 7.43. The summed E-state index contributed by atoms with van der Waals surface area (Å²) in [6.45, 7) is 10.0. The van der Waals surface area contributed by atoms with Crippen molar-refractivity contribution >= 4 is 55.9 Å². The molecule has 1 aliphatic rings. The summed E-state index contributed by atoms with van der Waals surface area (Å²) < 4.78 is 49.3. The van der Waals surface area contributed by atoms with E-state index in [1.54, 1.807) is 26.8 Å². The number of amides is 1. The number of anilines is 3. The molecule has 190 valence electrons. The van der Waals surface area contributed by atoms with E-state index in [4.69, 9.17) is 4.74 Å². The van der Waals surface area contributed by atoms with Gasteiger partial charge < -0.3 is 10.1 Å². The first kappa shape index (κ1) is 27.2. The molecule has 0 spiro atoms. The van der Waals surface area contributed by atoms with Crippen molar-refractivity contribution in [2.75, 3.05) is 9.62 Å². The van der Waals surface area contributed by atoms with Gasteiger partial charge in [-0.1, -0.05) is 6.08 Å². The predicted molar refractivity (Wildman–Crippen MR) is 143 cm³/mol. The van der Waals surface area contributed by atoms with E-state index in [-0.39, 0.29) is 29.2 Å². The summed E-state index contributed by atoms with van der Waals surface area (Å²) in [6.07, 6.45) is 1.23. The largest absolute Gasteiger partial charge is 0.443 e. The van der Waals surface area contributed by atoms with Crippen molar-refractivity contribution in [1.82, 2.24) is 4.57 Å². The highest BCUT2D eigenvalue weighted by atomic mass is 127. The zero-order valence-electron chi connectivity index (χ0n) is 20.3. The number of nitrogens with zero attached hydrogens (tertiary/aromatic N) is 2. The van der Waals surface area contributed by atoms with Gasteiger partial charge in [0.2, 0.25) is 0 Å². The number of ether oxygens (including phenoxy) is 1. The number of benzene rings is 1. The summed E-state index contributed by atoms with van der Waals surface area (Å²) in [5.74, 6) is -0.669. The van der Waals surface area contributed by atoms with Crippen LogP contribution in [0, 0.1) is 16.3 Å². The molecule has 11 heteroatoms. The number of carbonyl (C=O) groups excluding carboxylic acids is 1. The number of nitrogens with one attached hydrogen (secondary N) is 1. The third-order valence-corrected chi connectivity index (χ3v) is 8.81. The standard InChI is InChI=1S/C24H29FIN3O5S/c1-7-10-24(11-12-24)35(32,33)29(22(31)34-23(3,4)5)19-13-15(2)21(30)28(6)20(19)27-18-9-8-16(26)14-17(18)25/h7-9,13-14,27H,1,10-12H2,2-6H3. The number of carbonyl (C=O) groups is 1. The summed E-state index contributed by atoms with van der Waals surface area (Å²) >= 11 is 1.96. The van der Waals surface area contributed by atoms with Gasteiger partial charge in [-0.05, 0) is 93.8 Å². The number of hydrogen-bond donors (Lipinski definition) is 1. The molecule has 1 saturated carbocycles. The van der Waals surface area contributed by atoms with Crippen LogP contribution in [0.1, 0.15) is 45.6 Å². The second-order valence-corrected chi connectivity index (χ2v) is 13.0. The Hall–Kier alpha value is -2.41. The Balaban J connectivity index is 2.29. The Bertz CT molecular complexity index is 1340. The Morgan fingerprint density at radius 3 is 2.49 bits per heavy atom. The van der Waals surface area contributed by atoms with E-state index in [2.05, 4.69) is 11.9 Å². The fraction of sp³-hybridized carbons (Fsp3) is 0.417. The fourth-order valence-electron chi connectivity index (χ4n) is 3.69. The van der Waals surface area contributed by atoms with Crippen LogP contribution in [0.3, 0.4) is 0 Å². The molecule has 1 N–H and O–H groups in total. The van der Waals surface area contributed by atoms with Gasteiger partial charge in [0.1, 0.15) is 22.9 Å². The molecule has 8 nitrogen and oxygen atoms in total. The summed E-state index contributed by atoms with van der Waals surface area (Å²) in [5.41, 5.74) is -1.35. The van der Waals surface area contributed by atoms with E-state index in [0.29, 0.717) is 20.7 Å². The number of halogens is 2. The van der Waals surface area contributed by atoms with E-state index >= 15 is 0 Å². The zero-order valence-corrected chi connectivity index (χ0v) is 23.3. The molecule has 35 heavy (non-hydrogen) atoms. The third-order valence-electron chi connectivity index (χ3n) is 5.65. The normalized spacial score (nSPS) is 14.8. The number of aromatic nitrogens is 1. The van der Waals surface area contributed by atoms with Gasteiger partial charge in [0.05, 0.1) is 10.4 Å². The maximum atomic E-state index is 14.7. The molecule has 0 saturated heterocycles. The van der Waals surface area contributed by atoms with Crippen LogP contribution >= 0.6 is 22.6 Å². The van der Waals surface area contributed by atoms with E-state index in [9.17, 15) is 22.4 Å². The van der Waals surface area contributed by atoms with Crippen LogP contribution in [-0.2, 0) is 21.8 Å².